The molecule has 5 rings (SSSR count). The smallest absolute Gasteiger partial charge is 0.303 e. The molecule has 0 saturated heterocycles. The van der Waals surface area contributed by atoms with Gasteiger partial charge in [0.15, 0.2) is 5.82 Å². The molecule has 0 unspecified atom stereocenters. The number of ether oxygens (including phenoxy) is 2. The minimum Gasteiger partial charge on any atom is -0.488 e. The molecule has 48 heavy (non-hydrogen) atoms. The zero-order valence-electron chi connectivity index (χ0n) is 28.4. The van der Waals surface area contributed by atoms with E-state index in [9.17, 15) is 9.59 Å². The number of carboxylic acids is 1. The number of amides is 1. The number of anilines is 1. The first-order valence-corrected chi connectivity index (χ1v) is 17.1. The van der Waals surface area contributed by atoms with Crippen molar-refractivity contribution in [3.63, 3.8) is 0 Å². The van der Waals surface area contributed by atoms with E-state index in [0.717, 1.165) is 33.2 Å². The molecule has 0 fully saturated rings. The molecule has 3 heterocycles. The van der Waals surface area contributed by atoms with Gasteiger partial charge in [0, 0.05) is 39.6 Å². The third-order valence-corrected chi connectivity index (χ3v) is 9.85. The predicted molar refractivity (Wildman–Crippen MR) is 189 cm³/mol. The zero-order chi connectivity index (χ0) is 34.8. The molecule has 4 aromatic rings. The second kappa shape index (κ2) is 14.2. The van der Waals surface area contributed by atoms with Crippen molar-refractivity contribution in [3.05, 3.63) is 86.8 Å². The minimum absolute atomic E-state index is 0.0601. The maximum atomic E-state index is 13.5. The summed E-state index contributed by atoms with van der Waals surface area (Å²) in [5.41, 5.74) is 3.42. The van der Waals surface area contributed by atoms with Crippen molar-refractivity contribution in [1.29, 1.82) is 0 Å². The molecule has 1 aliphatic rings. The summed E-state index contributed by atoms with van der Waals surface area (Å²) < 4.78 is 14.2. The highest BCUT2D eigenvalue weighted by atomic mass is 35.5. The summed E-state index contributed by atoms with van der Waals surface area (Å²) in [7, 11) is 0. The summed E-state index contributed by atoms with van der Waals surface area (Å²) in [4.78, 5) is 30.8. The second-order valence-electron chi connectivity index (χ2n) is 13.3. The minimum atomic E-state index is -0.835. The SMILES string of the molecule is Cc1sc2c(c1C)C(c1ccc(Cl)cc1)=N[C@@H](CC(=O)Nc1ccc(OC(C)(C)CCOC(C)(C)CCC(=O)O)cc1)c1nnc(C)n1-2. The Morgan fingerprint density at radius 3 is 2.33 bits per heavy atom. The number of aliphatic carboxylic acids is 1. The summed E-state index contributed by atoms with van der Waals surface area (Å²) in [6.45, 7) is 14.3. The molecule has 10 nitrogen and oxygen atoms in total. The number of hydrogen-bond acceptors (Lipinski definition) is 8. The van der Waals surface area contributed by atoms with Crippen molar-refractivity contribution in [1.82, 2.24) is 14.8 Å². The fourth-order valence-electron chi connectivity index (χ4n) is 5.55. The number of carbonyl (C=O) groups excluding carboxylic acids is 1. The molecule has 2 aromatic heterocycles. The van der Waals surface area contributed by atoms with Gasteiger partial charge in [-0.1, -0.05) is 23.7 Å². The molecule has 1 amide bonds. The molecule has 12 heteroatoms. The number of nitrogens with one attached hydrogen (secondary N) is 1. The number of carbonyl (C=O) groups is 2. The molecule has 1 aliphatic heterocycles. The van der Waals surface area contributed by atoms with E-state index >= 15 is 0 Å². The van der Waals surface area contributed by atoms with E-state index in [1.165, 1.54) is 4.88 Å². The first-order chi connectivity index (χ1) is 22.6. The number of rotatable bonds is 13. The maximum absolute atomic E-state index is 13.5. The highest BCUT2D eigenvalue weighted by Crippen LogP contribution is 2.39. The summed E-state index contributed by atoms with van der Waals surface area (Å²) in [5, 5.41) is 22.5. The zero-order valence-corrected chi connectivity index (χ0v) is 30.0. The lowest BCUT2D eigenvalue weighted by molar-refractivity contribution is -0.139. The van der Waals surface area contributed by atoms with Gasteiger partial charge in [-0.3, -0.25) is 19.1 Å². The molecule has 2 N–H and O–H groups in total. The van der Waals surface area contributed by atoms with Gasteiger partial charge in [0.05, 0.1) is 24.3 Å². The highest BCUT2D eigenvalue weighted by molar-refractivity contribution is 7.15. The van der Waals surface area contributed by atoms with Crippen LogP contribution in [0.25, 0.3) is 5.00 Å². The van der Waals surface area contributed by atoms with Crippen molar-refractivity contribution in [3.8, 4) is 10.8 Å². The topological polar surface area (TPSA) is 128 Å². The van der Waals surface area contributed by atoms with Crippen LogP contribution in [0, 0.1) is 20.8 Å². The Balaban J connectivity index is 1.28. The van der Waals surface area contributed by atoms with Gasteiger partial charge < -0.3 is 19.9 Å². The van der Waals surface area contributed by atoms with E-state index in [1.54, 1.807) is 23.5 Å². The summed E-state index contributed by atoms with van der Waals surface area (Å²) >= 11 is 7.89. The monoisotopic (exact) mass is 691 g/mol. The van der Waals surface area contributed by atoms with Crippen molar-refractivity contribution in [2.45, 2.75) is 91.4 Å². The van der Waals surface area contributed by atoms with E-state index in [0.29, 0.717) is 41.7 Å². The van der Waals surface area contributed by atoms with Crippen molar-refractivity contribution >= 4 is 46.2 Å². The van der Waals surface area contributed by atoms with Crippen molar-refractivity contribution < 1.29 is 24.2 Å². The number of hydrogen-bond donors (Lipinski definition) is 2. The molecule has 0 bridgehead atoms. The fourth-order valence-corrected chi connectivity index (χ4v) is 6.89. The molecular weight excluding hydrogens is 650 g/mol. The Morgan fingerprint density at radius 2 is 1.67 bits per heavy atom. The Hall–Kier alpha value is -4.06. The highest BCUT2D eigenvalue weighted by Gasteiger charge is 2.32. The van der Waals surface area contributed by atoms with Crippen LogP contribution in [0.3, 0.4) is 0 Å². The van der Waals surface area contributed by atoms with E-state index in [1.807, 2.05) is 75.6 Å². The molecule has 2 aromatic carbocycles. The van der Waals surface area contributed by atoms with Crippen LogP contribution >= 0.6 is 22.9 Å². The van der Waals surface area contributed by atoms with Gasteiger partial charge in [-0.2, -0.15) is 0 Å². The Morgan fingerprint density at radius 1 is 0.979 bits per heavy atom. The first-order valence-electron chi connectivity index (χ1n) is 15.9. The molecular formula is C36H42ClN5O5S. The summed E-state index contributed by atoms with van der Waals surface area (Å²) in [5.74, 6) is 0.968. The van der Waals surface area contributed by atoms with Gasteiger partial charge in [0.2, 0.25) is 5.91 Å². The van der Waals surface area contributed by atoms with Crippen molar-refractivity contribution in [2.24, 2.45) is 4.99 Å². The predicted octanol–water partition coefficient (Wildman–Crippen LogP) is 8.04. The average Bonchev–Trinajstić information content (AvgIpc) is 3.49. The van der Waals surface area contributed by atoms with Crippen molar-refractivity contribution in [2.75, 3.05) is 11.9 Å². The average molecular weight is 692 g/mol. The normalized spacial score (nSPS) is 14.5. The summed E-state index contributed by atoms with van der Waals surface area (Å²) in [6, 6.07) is 14.3. The number of halogens is 1. The van der Waals surface area contributed by atoms with E-state index in [4.69, 9.17) is 31.2 Å². The van der Waals surface area contributed by atoms with Gasteiger partial charge in [-0.25, -0.2) is 0 Å². The number of nitrogens with zero attached hydrogens (tertiary/aromatic N) is 4. The molecule has 1 atom stereocenters. The number of aliphatic imine (C=N–C) groups is 1. The van der Waals surface area contributed by atoms with Crippen LogP contribution < -0.4 is 10.1 Å². The van der Waals surface area contributed by atoms with E-state index < -0.39 is 23.2 Å². The van der Waals surface area contributed by atoms with Crippen LogP contribution in [-0.4, -0.2) is 55.3 Å². The Kier molecular flexibility index (Phi) is 10.4. The second-order valence-corrected chi connectivity index (χ2v) is 14.9. The Labute approximate surface area is 290 Å². The quantitative estimate of drug-likeness (QED) is 0.145. The lowest BCUT2D eigenvalue weighted by atomic mass is 9.99. The van der Waals surface area contributed by atoms with Crippen LogP contribution in [-0.2, 0) is 14.3 Å². The standard InChI is InChI=1S/C36H42ClN5O5S/c1-21-22(2)48-34-31(21)32(24-8-10-25(37)11-9-24)39-28(33-41-40-23(3)42(33)34)20-29(43)38-26-12-14-27(15-13-26)47-36(6,7)18-19-46-35(4,5)17-16-30(44)45/h8-15,28H,16-20H2,1-7H3,(H,38,43)(H,44,45)/t28-/m0/s1. The van der Waals surface area contributed by atoms with Gasteiger partial charge >= 0.3 is 5.97 Å². The van der Waals surface area contributed by atoms with Crippen LogP contribution in [0.4, 0.5) is 5.69 Å². The third-order valence-electron chi connectivity index (χ3n) is 8.41. The lowest BCUT2D eigenvalue weighted by Gasteiger charge is -2.30. The molecule has 0 aliphatic carbocycles. The Bertz CT molecular complexity index is 1830. The number of carboxylic acid groups (broad SMARTS) is 1. The van der Waals surface area contributed by atoms with E-state index in [2.05, 4.69) is 29.4 Å². The number of benzene rings is 2. The third kappa shape index (κ3) is 8.32. The molecule has 0 spiro atoms. The number of thiophene rings is 1. The first kappa shape index (κ1) is 35.3. The molecule has 254 valence electrons. The lowest BCUT2D eigenvalue weighted by Crippen LogP contribution is -2.33. The largest absolute Gasteiger partial charge is 0.488 e. The fraction of sp³-hybridized carbons (Fsp3) is 0.417. The van der Waals surface area contributed by atoms with Gasteiger partial charge in [-0.05, 0) is 96.8 Å². The van der Waals surface area contributed by atoms with E-state index in [-0.39, 0.29) is 18.7 Å². The van der Waals surface area contributed by atoms with Crippen LogP contribution in [0.2, 0.25) is 5.02 Å². The van der Waals surface area contributed by atoms with Crippen LogP contribution in [0.15, 0.2) is 53.5 Å². The van der Waals surface area contributed by atoms with Crippen LogP contribution in [0.5, 0.6) is 5.75 Å². The van der Waals surface area contributed by atoms with Crippen LogP contribution in [0.1, 0.15) is 92.6 Å². The van der Waals surface area contributed by atoms with Gasteiger partial charge in [-0.15, -0.1) is 21.5 Å². The van der Waals surface area contributed by atoms with Gasteiger partial charge in [0.1, 0.15) is 28.2 Å². The maximum Gasteiger partial charge on any atom is 0.303 e. The number of fused-ring (bicyclic) bond motifs is 3. The molecule has 0 saturated carbocycles. The van der Waals surface area contributed by atoms with Gasteiger partial charge in [0.25, 0.3) is 0 Å². The number of aromatic nitrogens is 3. The summed E-state index contributed by atoms with van der Waals surface area (Å²) in [6.07, 6.45) is 1.17. The molecule has 0 radical (unpaired) electrons. The number of aryl methyl sites for hydroxylation is 2.